The molecular weight excluding hydrogens is 354 g/mol. The van der Waals surface area contributed by atoms with Gasteiger partial charge in [0.05, 0.1) is 5.54 Å². The lowest BCUT2D eigenvalue weighted by molar-refractivity contribution is 0.0555. The highest BCUT2D eigenvalue weighted by molar-refractivity contribution is 6.06. The van der Waals surface area contributed by atoms with Gasteiger partial charge >= 0.3 is 0 Å². The zero-order chi connectivity index (χ0) is 19.4. The van der Waals surface area contributed by atoms with Crippen molar-refractivity contribution in [3.05, 3.63) is 77.4 Å². The smallest absolute Gasteiger partial charge is 0.135 e. The van der Waals surface area contributed by atoms with Crippen LogP contribution in [0.5, 0.6) is 0 Å². The third-order valence-corrected chi connectivity index (χ3v) is 8.54. The number of aryl methyl sites for hydroxylation is 1. The van der Waals surface area contributed by atoms with Gasteiger partial charge in [0.15, 0.2) is 0 Å². The maximum atomic E-state index is 6.16. The number of rotatable bonds is 1. The van der Waals surface area contributed by atoms with Crippen LogP contribution in [0.15, 0.2) is 65.1 Å². The Hall–Kier alpha value is -2.74. The Morgan fingerprint density at radius 3 is 2.38 bits per heavy atom. The second kappa shape index (κ2) is 5.05. The van der Waals surface area contributed by atoms with Crippen LogP contribution in [0.2, 0.25) is 0 Å². The molecule has 2 bridgehead atoms. The van der Waals surface area contributed by atoms with Crippen LogP contribution in [0.4, 0.5) is 5.69 Å². The van der Waals surface area contributed by atoms with E-state index in [0.717, 1.165) is 11.2 Å². The van der Waals surface area contributed by atoms with Gasteiger partial charge in [0.2, 0.25) is 0 Å². The molecule has 10 rings (SSSR count). The Bertz CT molecular complexity index is 1300. The van der Waals surface area contributed by atoms with Crippen molar-refractivity contribution in [2.75, 3.05) is 4.90 Å². The predicted molar refractivity (Wildman–Crippen MR) is 119 cm³/mol. The Morgan fingerprint density at radius 2 is 1.55 bits per heavy atom. The van der Waals surface area contributed by atoms with E-state index in [9.17, 15) is 0 Å². The van der Waals surface area contributed by atoms with Crippen LogP contribution in [-0.2, 0) is 11.0 Å². The maximum Gasteiger partial charge on any atom is 0.135 e. The van der Waals surface area contributed by atoms with Gasteiger partial charge in [-0.15, -0.1) is 0 Å². The lowest BCUT2D eigenvalue weighted by Gasteiger charge is -2.70. The molecule has 3 fully saturated rings. The summed E-state index contributed by atoms with van der Waals surface area (Å²) in [6.45, 7) is 4.73. The summed E-state index contributed by atoms with van der Waals surface area (Å²) in [6, 6.07) is 22.9. The molecule has 2 heteroatoms. The summed E-state index contributed by atoms with van der Waals surface area (Å²) in [7, 11) is 0. The Morgan fingerprint density at radius 1 is 0.828 bits per heavy atom. The Balaban J connectivity index is 1.52. The summed E-state index contributed by atoms with van der Waals surface area (Å²) in [4.78, 5) is 2.80. The van der Waals surface area contributed by atoms with Crippen molar-refractivity contribution >= 4 is 27.6 Å². The van der Waals surface area contributed by atoms with Crippen LogP contribution in [0, 0.1) is 6.92 Å². The summed E-state index contributed by atoms with van der Waals surface area (Å²) in [6.07, 6.45) is 5.21. The lowest BCUT2D eigenvalue weighted by Crippen LogP contribution is -2.72. The van der Waals surface area contributed by atoms with Gasteiger partial charge in [0, 0.05) is 27.9 Å². The molecule has 1 aromatic heterocycles. The monoisotopic (exact) mass is 379 g/mol. The third-order valence-electron chi connectivity index (χ3n) is 8.54. The fraction of sp³-hybridized carbons (Fsp3) is 0.333. The van der Waals surface area contributed by atoms with E-state index in [2.05, 4.69) is 79.4 Å². The molecule has 0 spiro atoms. The standard InChI is InChI=1S/C27H25NO/c1-17-15-25-20(19-7-3-6-10-24(19)29-25)16-23(17)28-18(2)26-11-13-27(28,14-12-26)22-9-5-4-8-21(22)26/h3-10,15-16,18H,11-14H2,1-2H3/t18-,26?,27?/m0/s1. The molecule has 0 amide bonds. The van der Waals surface area contributed by atoms with Gasteiger partial charge in [-0.05, 0) is 74.4 Å². The van der Waals surface area contributed by atoms with Crippen molar-refractivity contribution in [1.29, 1.82) is 0 Å². The topological polar surface area (TPSA) is 16.4 Å². The fourth-order valence-electron chi connectivity index (χ4n) is 7.16. The first-order valence-corrected chi connectivity index (χ1v) is 11.0. The number of nitrogens with zero attached hydrogens (tertiary/aromatic N) is 1. The molecule has 4 aromatic rings. The number of fused-ring (bicyclic) bond motifs is 3. The maximum absolute atomic E-state index is 6.16. The number of hydrogen-bond donors (Lipinski definition) is 0. The van der Waals surface area contributed by atoms with Gasteiger partial charge in [-0.1, -0.05) is 42.5 Å². The molecule has 0 N–H and O–H groups in total. The minimum atomic E-state index is 0.147. The van der Waals surface area contributed by atoms with E-state index in [1.165, 1.54) is 47.7 Å². The molecule has 3 aliphatic carbocycles. The van der Waals surface area contributed by atoms with Crippen molar-refractivity contribution in [1.82, 2.24) is 0 Å². The summed E-state index contributed by atoms with van der Waals surface area (Å²) >= 11 is 0. The number of piperidine rings is 2. The van der Waals surface area contributed by atoms with Crippen LogP contribution >= 0.6 is 0 Å². The number of benzene rings is 3. The SMILES string of the molecule is Cc1cc2oc3ccccc3c2cc1N1[C@@H](C)C23CCC1(CC2)c1ccccc13. The third kappa shape index (κ3) is 1.72. The van der Waals surface area contributed by atoms with Gasteiger partial charge in [-0.25, -0.2) is 0 Å². The van der Waals surface area contributed by atoms with E-state index >= 15 is 0 Å². The van der Waals surface area contributed by atoms with E-state index in [-0.39, 0.29) is 5.54 Å². The molecule has 2 saturated heterocycles. The van der Waals surface area contributed by atoms with Crippen LogP contribution in [0.3, 0.4) is 0 Å². The first-order valence-electron chi connectivity index (χ1n) is 11.0. The molecule has 0 radical (unpaired) electrons. The van der Waals surface area contributed by atoms with Crippen LogP contribution in [-0.4, -0.2) is 6.04 Å². The van der Waals surface area contributed by atoms with Crippen LogP contribution < -0.4 is 4.90 Å². The molecular formula is C27H25NO. The first kappa shape index (κ1) is 16.1. The second-order valence-corrected chi connectivity index (χ2v) is 9.51. The highest BCUT2D eigenvalue weighted by atomic mass is 16.3. The Labute approximate surface area is 171 Å². The highest BCUT2D eigenvalue weighted by Gasteiger charge is 2.64. The minimum absolute atomic E-state index is 0.147. The normalized spacial score (nSPS) is 29.7. The number of para-hydroxylation sites is 1. The number of furan rings is 1. The zero-order valence-electron chi connectivity index (χ0n) is 17.0. The molecule has 1 atom stereocenters. The largest absolute Gasteiger partial charge is 0.456 e. The molecule has 144 valence electrons. The van der Waals surface area contributed by atoms with E-state index in [0.29, 0.717) is 11.5 Å². The van der Waals surface area contributed by atoms with Gasteiger partial charge in [-0.3, -0.25) is 0 Å². The van der Waals surface area contributed by atoms with E-state index in [1.54, 1.807) is 11.1 Å². The van der Waals surface area contributed by atoms with Crippen LogP contribution in [0.25, 0.3) is 21.9 Å². The summed E-state index contributed by atoms with van der Waals surface area (Å²) in [5.41, 5.74) is 8.38. The average Bonchev–Trinajstić information content (AvgIpc) is 3.12. The van der Waals surface area contributed by atoms with Crippen molar-refractivity contribution in [3.63, 3.8) is 0 Å². The molecule has 29 heavy (non-hydrogen) atoms. The van der Waals surface area contributed by atoms with Crippen molar-refractivity contribution < 1.29 is 4.42 Å². The highest BCUT2D eigenvalue weighted by Crippen LogP contribution is 2.66. The summed E-state index contributed by atoms with van der Waals surface area (Å²) in [5, 5.41) is 2.47. The zero-order valence-corrected chi connectivity index (χ0v) is 17.0. The predicted octanol–water partition coefficient (Wildman–Crippen LogP) is 6.82. The van der Waals surface area contributed by atoms with Crippen molar-refractivity contribution in [3.8, 4) is 0 Å². The Kier molecular flexibility index (Phi) is 2.80. The fourth-order valence-corrected chi connectivity index (χ4v) is 7.16. The van der Waals surface area contributed by atoms with E-state index < -0.39 is 0 Å². The molecule has 2 nitrogen and oxygen atoms in total. The van der Waals surface area contributed by atoms with E-state index in [1.807, 2.05) is 0 Å². The van der Waals surface area contributed by atoms with Crippen LogP contribution in [0.1, 0.15) is 49.3 Å². The molecule has 4 heterocycles. The van der Waals surface area contributed by atoms with Gasteiger partial charge < -0.3 is 9.32 Å². The molecule has 1 saturated carbocycles. The van der Waals surface area contributed by atoms with E-state index in [4.69, 9.17) is 4.42 Å². The molecule has 0 unspecified atom stereocenters. The minimum Gasteiger partial charge on any atom is -0.456 e. The van der Waals surface area contributed by atoms with Crippen molar-refractivity contribution in [2.45, 2.75) is 56.5 Å². The molecule has 3 aromatic carbocycles. The first-order chi connectivity index (χ1) is 14.1. The van der Waals surface area contributed by atoms with Gasteiger partial charge in [-0.2, -0.15) is 0 Å². The second-order valence-electron chi connectivity index (χ2n) is 9.51. The quantitative estimate of drug-likeness (QED) is 0.361. The molecule has 3 aliphatic heterocycles. The summed E-state index contributed by atoms with van der Waals surface area (Å²) < 4.78 is 6.16. The van der Waals surface area contributed by atoms with Crippen molar-refractivity contribution in [2.24, 2.45) is 0 Å². The summed E-state index contributed by atoms with van der Waals surface area (Å²) in [5.74, 6) is 0. The van der Waals surface area contributed by atoms with Gasteiger partial charge in [0.1, 0.15) is 11.2 Å². The number of hydrogen-bond acceptors (Lipinski definition) is 2. The average molecular weight is 380 g/mol. The molecule has 6 aliphatic rings. The van der Waals surface area contributed by atoms with Gasteiger partial charge in [0.25, 0.3) is 0 Å². The number of anilines is 1. The lowest BCUT2D eigenvalue weighted by atomic mass is 9.47.